The molecule has 19 heavy (non-hydrogen) atoms. The molecule has 0 bridgehead atoms. The Morgan fingerprint density at radius 1 is 1.16 bits per heavy atom. The molecule has 0 aliphatic rings. The number of phosphoric acid groups is 1. The van der Waals surface area contributed by atoms with Crippen molar-refractivity contribution in [3.05, 3.63) is 11.8 Å². The Hall–Kier alpha value is -0.880. The van der Waals surface area contributed by atoms with E-state index in [4.69, 9.17) is 23.0 Å². The van der Waals surface area contributed by atoms with Crippen LogP contribution >= 0.6 is 7.82 Å². The number of hydrogen-bond acceptors (Lipinski definition) is 7. The zero-order valence-electron chi connectivity index (χ0n) is 11.7. The number of phosphoric ester groups is 1. The Morgan fingerprint density at radius 2 is 1.74 bits per heavy atom. The molecule has 0 heterocycles. The fourth-order valence-corrected chi connectivity index (χ4v) is 2.26. The predicted molar refractivity (Wildman–Crippen MR) is 68.5 cm³/mol. The zero-order valence-corrected chi connectivity index (χ0v) is 12.6. The maximum atomic E-state index is 12.0. The van der Waals surface area contributed by atoms with Gasteiger partial charge < -0.3 is 14.0 Å². The summed E-state index contributed by atoms with van der Waals surface area (Å²) in [5.41, 5.74) is 0. The van der Waals surface area contributed by atoms with Crippen LogP contribution in [0.2, 0.25) is 0 Å². The number of esters is 1. The fourth-order valence-electron chi connectivity index (χ4n) is 1.04. The average Bonchev–Trinajstić information content (AvgIpc) is 2.29. The lowest BCUT2D eigenvalue weighted by atomic mass is 10.5. The van der Waals surface area contributed by atoms with E-state index in [0.717, 1.165) is 6.08 Å². The van der Waals surface area contributed by atoms with Crippen LogP contribution in [-0.2, 0) is 32.4 Å². The molecule has 0 amide bonds. The van der Waals surface area contributed by atoms with Crippen LogP contribution in [0.15, 0.2) is 11.8 Å². The number of carbonyl (C=O) groups is 1. The number of carbonyl (C=O) groups excluding carboxylic acids is 1. The maximum absolute atomic E-state index is 12.0. The summed E-state index contributed by atoms with van der Waals surface area (Å²) < 4.78 is 36.4. The minimum atomic E-state index is -3.66. The van der Waals surface area contributed by atoms with Gasteiger partial charge >= 0.3 is 13.8 Å². The fraction of sp³-hybridized carbons (Fsp3) is 0.727. The Morgan fingerprint density at radius 3 is 2.21 bits per heavy atom. The number of hydrogen-bond donors (Lipinski definition) is 0. The minimum absolute atomic E-state index is 0.0904. The summed E-state index contributed by atoms with van der Waals surface area (Å²) in [5, 5.41) is 0. The highest BCUT2D eigenvalue weighted by Crippen LogP contribution is 2.51. The SMILES string of the molecule is CCOP(=O)(OCC)OC(C)=CC(=O)OCCOC. The molecule has 0 N–H and O–H groups in total. The second kappa shape index (κ2) is 9.97. The van der Waals surface area contributed by atoms with E-state index in [1.54, 1.807) is 13.8 Å². The Kier molecular flexibility index (Phi) is 9.51. The van der Waals surface area contributed by atoms with E-state index in [1.807, 2.05) is 0 Å². The molecule has 0 rings (SSSR count). The van der Waals surface area contributed by atoms with Crippen LogP contribution in [0.3, 0.4) is 0 Å². The lowest BCUT2D eigenvalue weighted by Crippen LogP contribution is -2.08. The normalized spacial score (nSPS) is 12.3. The average molecular weight is 296 g/mol. The van der Waals surface area contributed by atoms with Crippen molar-refractivity contribution < 1.29 is 32.4 Å². The molecule has 112 valence electrons. The molecule has 0 aliphatic carbocycles. The van der Waals surface area contributed by atoms with E-state index in [-0.39, 0.29) is 25.6 Å². The van der Waals surface area contributed by atoms with Gasteiger partial charge in [-0.15, -0.1) is 0 Å². The first-order valence-corrected chi connectivity index (χ1v) is 7.36. The van der Waals surface area contributed by atoms with Gasteiger partial charge in [0.05, 0.1) is 25.9 Å². The lowest BCUT2D eigenvalue weighted by Gasteiger charge is -2.17. The third kappa shape index (κ3) is 8.77. The van der Waals surface area contributed by atoms with Gasteiger partial charge in [-0.05, 0) is 20.8 Å². The first kappa shape index (κ1) is 18.1. The lowest BCUT2D eigenvalue weighted by molar-refractivity contribution is -0.139. The smallest absolute Gasteiger partial charge is 0.460 e. The van der Waals surface area contributed by atoms with Crippen molar-refractivity contribution in [1.82, 2.24) is 0 Å². The summed E-state index contributed by atoms with van der Waals surface area (Å²) in [6.07, 6.45) is 1.07. The van der Waals surface area contributed by atoms with Crippen molar-refractivity contribution in [2.24, 2.45) is 0 Å². The van der Waals surface area contributed by atoms with Crippen LogP contribution in [0.1, 0.15) is 20.8 Å². The van der Waals surface area contributed by atoms with E-state index in [0.29, 0.717) is 6.61 Å². The molecule has 0 spiro atoms. The van der Waals surface area contributed by atoms with Gasteiger partial charge in [0.25, 0.3) is 0 Å². The summed E-state index contributed by atoms with van der Waals surface area (Å²) >= 11 is 0. The van der Waals surface area contributed by atoms with Crippen molar-refractivity contribution in [1.29, 1.82) is 0 Å². The standard InChI is InChI=1S/C11H21O7P/c1-5-16-19(13,17-6-2)18-10(3)9-11(12)15-8-7-14-4/h9H,5-8H2,1-4H3. The molecule has 7 nitrogen and oxygen atoms in total. The third-order valence-electron chi connectivity index (χ3n) is 1.68. The zero-order chi connectivity index (χ0) is 14.7. The van der Waals surface area contributed by atoms with Crippen LogP contribution in [-0.4, -0.2) is 39.5 Å². The van der Waals surface area contributed by atoms with Crippen molar-refractivity contribution in [2.45, 2.75) is 20.8 Å². The molecule has 0 saturated heterocycles. The van der Waals surface area contributed by atoms with Crippen molar-refractivity contribution in [2.75, 3.05) is 33.5 Å². The van der Waals surface area contributed by atoms with Crippen LogP contribution in [0.25, 0.3) is 0 Å². The highest BCUT2D eigenvalue weighted by atomic mass is 31.2. The van der Waals surface area contributed by atoms with E-state index in [2.05, 4.69) is 0 Å². The molecule has 0 atom stereocenters. The van der Waals surface area contributed by atoms with Gasteiger partial charge in [-0.25, -0.2) is 9.36 Å². The molecule has 0 aromatic carbocycles. The van der Waals surface area contributed by atoms with Gasteiger partial charge in [-0.1, -0.05) is 0 Å². The Bertz CT molecular complexity index is 330. The van der Waals surface area contributed by atoms with Gasteiger partial charge in [0.15, 0.2) is 0 Å². The molecule has 0 unspecified atom stereocenters. The number of allylic oxidation sites excluding steroid dienone is 1. The highest BCUT2D eigenvalue weighted by molar-refractivity contribution is 7.48. The first-order chi connectivity index (χ1) is 8.97. The highest BCUT2D eigenvalue weighted by Gasteiger charge is 2.27. The molecular formula is C11H21O7P. The van der Waals surface area contributed by atoms with Crippen LogP contribution in [0.5, 0.6) is 0 Å². The van der Waals surface area contributed by atoms with Crippen LogP contribution in [0.4, 0.5) is 0 Å². The topological polar surface area (TPSA) is 80.3 Å². The number of ether oxygens (including phenoxy) is 2. The van der Waals surface area contributed by atoms with E-state index in [1.165, 1.54) is 14.0 Å². The monoisotopic (exact) mass is 296 g/mol. The van der Waals surface area contributed by atoms with Gasteiger partial charge in [0.2, 0.25) is 0 Å². The largest absolute Gasteiger partial charge is 0.529 e. The quantitative estimate of drug-likeness (QED) is 0.201. The van der Waals surface area contributed by atoms with Crippen molar-refractivity contribution >= 4 is 13.8 Å². The minimum Gasteiger partial charge on any atom is -0.460 e. The Labute approximate surface area is 113 Å². The molecule has 0 radical (unpaired) electrons. The molecule has 0 aromatic heterocycles. The summed E-state index contributed by atoms with van der Waals surface area (Å²) in [6.45, 7) is 5.55. The molecule has 8 heteroatoms. The summed E-state index contributed by atoms with van der Waals surface area (Å²) in [6, 6.07) is 0. The van der Waals surface area contributed by atoms with E-state index in [9.17, 15) is 9.36 Å². The summed E-state index contributed by atoms with van der Waals surface area (Å²) in [4.78, 5) is 11.3. The molecule has 0 aromatic rings. The predicted octanol–water partition coefficient (Wildman–Crippen LogP) is 2.28. The van der Waals surface area contributed by atoms with Gasteiger partial charge in [-0.3, -0.25) is 9.05 Å². The van der Waals surface area contributed by atoms with E-state index < -0.39 is 13.8 Å². The van der Waals surface area contributed by atoms with Gasteiger partial charge in [0, 0.05) is 7.11 Å². The second-order valence-electron chi connectivity index (χ2n) is 3.29. The van der Waals surface area contributed by atoms with Crippen LogP contribution in [0, 0.1) is 0 Å². The maximum Gasteiger partial charge on any atom is 0.529 e. The van der Waals surface area contributed by atoms with E-state index >= 15 is 0 Å². The number of rotatable bonds is 10. The first-order valence-electron chi connectivity index (χ1n) is 5.90. The van der Waals surface area contributed by atoms with Crippen molar-refractivity contribution in [3.8, 4) is 0 Å². The van der Waals surface area contributed by atoms with Crippen molar-refractivity contribution in [3.63, 3.8) is 0 Å². The van der Waals surface area contributed by atoms with Gasteiger partial charge in [0.1, 0.15) is 12.4 Å². The third-order valence-corrected chi connectivity index (χ3v) is 3.34. The molecule has 0 aliphatic heterocycles. The molecule has 0 saturated carbocycles. The molecule has 0 fully saturated rings. The summed E-state index contributed by atoms with van der Waals surface area (Å²) in [7, 11) is -2.17. The number of methoxy groups -OCH3 is 1. The van der Waals surface area contributed by atoms with Gasteiger partial charge in [-0.2, -0.15) is 0 Å². The summed E-state index contributed by atoms with van der Waals surface area (Å²) in [5.74, 6) is -0.526. The molecular weight excluding hydrogens is 275 g/mol. The van der Waals surface area contributed by atoms with Crippen LogP contribution < -0.4 is 0 Å². The second-order valence-corrected chi connectivity index (χ2v) is 4.88. The Balaban J connectivity index is 4.41.